The van der Waals surface area contributed by atoms with Crippen LogP contribution in [0.15, 0.2) is 24.3 Å². The number of carbonyl (C=O) groups excluding carboxylic acids is 2. The molecule has 0 aromatic heterocycles. The Balaban J connectivity index is 2.01. The predicted molar refractivity (Wildman–Crippen MR) is 93.3 cm³/mol. The second-order valence-electron chi connectivity index (χ2n) is 7.33. The average molecular weight is 377 g/mol. The van der Waals surface area contributed by atoms with E-state index in [-0.39, 0.29) is 13.1 Å². The van der Waals surface area contributed by atoms with Gasteiger partial charge in [-0.05, 0) is 30.5 Å². The van der Waals surface area contributed by atoms with Crippen LogP contribution in [-0.2, 0) is 24.5 Å². The van der Waals surface area contributed by atoms with Crippen LogP contribution in [0, 0.1) is 5.92 Å². The van der Waals surface area contributed by atoms with E-state index in [1.54, 1.807) is 31.4 Å². The van der Waals surface area contributed by atoms with E-state index < -0.39 is 35.2 Å². The minimum atomic E-state index is -1.31. The highest BCUT2D eigenvalue weighted by molar-refractivity contribution is 5.98. The Bertz CT molecular complexity index is 728. The predicted octanol–water partition coefficient (Wildman–Crippen LogP) is 2.16. The minimum Gasteiger partial charge on any atom is -0.497 e. The van der Waals surface area contributed by atoms with Crippen LogP contribution in [0.25, 0.3) is 0 Å². The highest BCUT2D eigenvalue weighted by Gasteiger charge is 2.56. The molecule has 1 amide bonds. The summed E-state index contributed by atoms with van der Waals surface area (Å²) in [7, 11) is 1.55. The minimum absolute atomic E-state index is 0.210. The Labute approximate surface area is 157 Å². The van der Waals surface area contributed by atoms with Gasteiger partial charge in [0.2, 0.25) is 0 Å². The van der Waals surface area contributed by atoms with Crippen molar-refractivity contribution in [2.75, 3.05) is 20.2 Å². The van der Waals surface area contributed by atoms with Gasteiger partial charge in [0.05, 0.1) is 7.11 Å². The number of nitrogens with zero attached hydrogens (tertiary/aromatic N) is 1. The lowest BCUT2D eigenvalue weighted by Crippen LogP contribution is -2.57. The summed E-state index contributed by atoms with van der Waals surface area (Å²) < 4.78 is 15.9. The first-order valence-corrected chi connectivity index (χ1v) is 8.77. The summed E-state index contributed by atoms with van der Waals surface area (Å²) in [5.41, 5.74) is -0.143. The summed E-state index contributed by atoms with van der Waals surface area (Å²) >= 11 is 0. The van der Waals surface area contributed by atoms with Gasteiger partial charge >= 0.3 is 18.0 Å². The zero-order valence-electron chi connectivity index (χ0n) is 15.6. The Morgan fingerprint density at radius 1 is 1.11 bits per heavy atom. The molecule has 0 spiro atoms. The number of hydrogen-bond donors (Lipinski definition) is 1. The molecule has 2 fully saturated rings. The fourth-order valence-electron chi connectivity index (χ4n) is 3.93. The van der Waals surface area contributed by atoms with E-state index in [1.807, 2.05) is 0 Å². The molecule has 146 valence electrons. The second kappa shape index (κ2) is 6.75. The van der Waals surface area contributed by atoms with Gasteiger partial charge in [0.1, 0.15) is 5.75 Å². The normalized spacial score (nSPS) is 22.0. The lowest BCUT2D eigenvalue weighted by molar-refractivity contribution is -0.244. The smallest absolute Gasteiger partial charge is 0.407 e. The lowest BCUT2D eigenvalue weighted by Gasteiger charge is -2.47. The van der Waals surface area contributed by atoms with Gasteiger partial charge in [-0.25, -0.2) is 4.79 Å². The van der Waals surface area contributed by atoms with Crippen LogP contribution in [-0.4, -0.2) is 54.0 Å². The van der Waals surface area contributed by atoms with E-state index in [0.29, 0.717) is 18.6 Å². The van der Waals surface area contributed by atoms with E-state index >= 15 is 0 Å². The number of likely N-dealkylation sites (tertiary alicyclic amines) is 1. The van der Waals surface area contributed by atoms with Crippen molar-refractivity contribution in [2.45, 2.75) is 37.9 Å². The zero-order chi connectivity index (χ0) is 19.8. The summed E-state index contributed by atoms with van der Waals surface area (Å²) in [5.74, 6) is -3.10. The largest absolute Gasteiger partial charge is 0.497 e. The van der Waals surface area contributed by atoms with E-state index in [9.17, 15) is 19.5 Å². The Hall–Kier alpha value is -2.77. The quantitative estimate of drug-likeness (QED) is 0.636. The fourth-order valence-corrected chi connectivity index (χ4v) is 3.93. The number of methoxy groups -OCH3 is 1. The van der Waals surface area contributed by atoms with E-state index in [0.717, 1.165) is 5.56 Å². The summed E-state index contributed by atoms with van der Waals surface area (Å²) in [6, 6.07) is 7.11. The molecule has 0 unspecified atom stereocenters. The third-order valence-electron chi connectivity index (χ3n) is 5.31. The molecule has 27 heavy (non-hydrogen) atoms. The van der Waals surface area contributed by atoms with Gasteiger partial charge in [-0.1, -0.05) is 12.1 Å². The molecular weight excluding hydrogens is 354 g/mol. The van der Waals surface area contributed by atoms with Gasteiger partial charge in [-0.3, -0.25) is 9.59 Å². The zero-order valence-corrected chi connectivity index (χ0v) is 15.6. The number of ether oxygens (including phenoxy) is 3. The van der Waals surface area contributed by atoms with E-state index in [2.05, 4.69) is 0 Å². The highest BCUT2D eigenvalue weighted by atomic mass is 16.7. The van der Waals surface area contributed by atoms with Crippen molar-refractivity contribution in [3.05, 3.63) is 29.8 Å². The van der Waals surface area contributed by atoms with Gasteiger partial charge < -0.3 is 24.2 Å². The molecule has 0 saturated carbocycles. The van der Waals surface area contributed by atoms with Crippen molar-refractivity contribution in [1.82, 2.24) is 4.90 Å². The molecule has 8 nitrogen and oxygen atoms in total. The molecular formula is C19H23NO7. The number of esters is 2. The van der Waals surface area contributed by atoms with Gasteiger partial charge in [-0.15, -0.1) is 0 Å². The maximum atomic E-state index is 12.8. The average Bonchev–Trinajstić information content (AvgIpc) is 2.60. The molecule has 8 heteroatoms. The molecule has 1 aromatic carbocycles. The van der Waals surface area contributed by atoms with Crippen LogP contribution in [0.2, 0.25) is 0 Å². The molecule has 0 atom stereocenters. The molecule has 2 aliphatic heterocycles. The summed E-state index contributed by atoms with van der Waals surface area (Å²) in [4.78, 5) is 38.1. The van der Waals surface area contributed by atoms with Crippen LogP contribution in [0.3, 0.4) is 0 Å². The Kier molecular flexibility index (Phi) is 4.75. The summed E-state index contributed by atoms with van der Waals surface area (Å²) in [6.07, 6.45) is -0.407. The van der Waals surface area contributed by atoms with Crippen LogP contribution >= 0.6 is 0 Å². The van der Waals surface area contributed by atoms with Crippen LogP contribution < -0.4 is 4.74 Å². The number of amides is 1. The maximum Gasteiger partial charge on any atom is 0.407 e. The number of carbonyl (C=O) groups is 3. The first-order chi connectivity index (χ1) is 12.7. The fraction of sp³-hybridized carbons (Fsp3) is 0.526. The number of cyclic esters (lactones) is 2. The van der Waals surface area contributed by atoms with Crippen LogP contribution in [0.1, 0.15) is 32.3 Å². The number of hydrogen-bond acceptors (Lipinski definition) is 6. The molecule has 2 aliphatic rings. The first-order valence-electron chi connectivity index (χ1n) is 8.77. The van der Waals surface area contributed by atoms with Crippen molar-refractivity contribution < 1.29 is 33.7 Å². The Morgan fingerprint density at radius 2 is 1.63 bits per heavy atom. The standard InChI is InChI=1S/C19H23NO7/c1-18(2)26-15(21)14(16(22)27-18)19(8-10-20(11-9-19)17(23)24)12-4-6-13(25-3)7-5-12/h4-7,14H,8-11H2,1-3H3,(H,23,24). The summed E-state index contributed by atoms with van der Waals surface area (Å²) in [5, 5.41) is 9.26. The summed E-state index contributed by atoms with van der Waals surface area (Å²) in [6.45, 7) is 3.43. The number of piperidine rings is 1. The Morgan fingerprint density at radius 3 is 2.07 bits per heavy atom. The van der Waals surface area contributed by atoms with Crippen molar-refractivity contribution >= 4 is 18.0 Å². The van der Waals surface area contributed by atoms with Crippen molar-refractivity contribution in [1.29, 1.82) is 0 Å². The number of rotatable bonds is 3. The molecule has 0 radical (unpaired) electrons. The molecule has 1 aromatic rings. The molecule has 1 N–H and O–H groups in total. The van der Waals surface area contributed by atoms with Gasteiger partial charge in [0.15, 0.2) is 5.92 Å². The van der Waals surface area contributed by atoms with E-state index in [1.165, 1.54) is 18.7 Å². The van der Waals surface area contributed by atoms with Gasteiger partial charge in [0, 0.05) is 32.4 Å². The molecule has 2 saturated heterocycles. The lowest BCUT2D eigenvalue weighted by atomic mass is 9.64. The van der Waals surface area contributed by atoms with Gasteiger partial charge in [-0.2, -0.15) is 0 Å². The van der Waals surface area contributed by atoms with Crippen molar-refractivity contribution in [2.24, 2.45) is 5.92 Å². The molecule has 0 aliphatic carbocycles. The molecule has 3 rings (SSSR count). The SMILES string of the molecule is COc1ccc(C2(C3C(=O)OC(C)(C)OC3=O)CCN(C(=O)O)CC2)cc1. The monoisotopic (exact) mass is 377 g/mol. The first kappa shape index (κ1) is 19.0. The number of carboxylic acid groups (broad SMARTS) is 1. The third kappa shape index (κ3) is 3.43. The van der Waals surface area contributed by atoms with Crippen LogP contribution in [0.4, 0.5) is 4.79 Å². The molecule has 2 heterocycles. The van der Waals surface area contributed by atoms with Gasteiger partial charge in [0.25, 0.3) is 5.79 Å². The van der Waals surface area contributed by atoms with E-state index in [4.69, 9.17) is 14.2 Å². The van der Waals surface area contributed by atoms with Crippen molar-refractivity contribution in [3.8, 4) is 5.75 Å². The third-order valence-corrected chi connectivity index (χ3v) is 5.31. The van der Waals surface area contributed by atoms with Crippen LogP contribution in [0.5, 0.6) is 5.75 Å². The maximum absolute atomic E-state index is 12.8. The topological polar surface area (TPSA) is 102 Å². The number of benzene rings is 1. The van der Waals surface area contributed by atoms with Crippen molar-refractivity contribution in [3.63, 3.8) is 0 Å². The highest BCUT2D eigenvalue weighted by Crippen LogP contribution is 2.46. The molecule has 0 bridgehead atoms. The second-order valence-corrected chi connectivity index (χ2v) is 7.33.